The van der Waals surface area contributed by atoms with E-state index in [1.165, 1.54) is 11.3 Å². The molecule has 0 saturated heterocycles. The van der Waals surface area contributed by atoms with Gasteiger partial charge in [0, 0.05) is 5.56 Å². The summed E-state index contributed by atoms with van der Waals surface area (Å²) in [6.45, 7) is 4.26. The molecule has 0 radical (unpaired) electrons. The molecule has 0 saturated carbocycles. The third-order valence-electron chi connectivity index (χ3n) is 2.67. The molecule has 0 fully saturated rings. The number of carboxylic acids is 1. The minimum Gasteiger partial charge on any atom is -0.489 e. The summed E-state index contributed by atoms with van der Waals surface area (Å²) in [6.07, 6.45) is 0. The maximum absolute atomic E-state index is 11.0. The number of aromatic carboxylic acids is 1. The zero-order chi connectivity index (χ0) is 13.1. The molecule has 1 heterocycles. The van der Waals surface area contributed by atoms with Crippen molar-refractivity contribution in [3.05, 3.63) is 51.2 Å². The molecule has 2 rings (SSSR count). The monoisotopic (exact) mass is 262 g/mol. The van der Waals surface area contributed by atoms with Gasteiger partial charge in [-0.3, -0.25) is 0 Å². The summed E-state index contributed by atoms with van der Waals surface area (Å²) in [5.74, 6) is -0.0953. The molecule has 0 aliphatic heterocycles. The second kappa shape index (κ2) is 5.23. The summed E-state index contributed by atoms with van der Waals surface area (Å²) in [4.78, 5) is 11.3. The number of hydrogen-bond donors (Lipinski definition) is 1. The van der Waals surface area contributed by atoms with Crippen LogP contribution in [-0.2, 0) is 6.61 Å². The van der Waals surface area contributed by atoms with E-state index in [1.807, 2.05) is 32.0 Å². The standard InChI is InChI=1S/C14H14O3S/c1-9-3-4-10(2)12(7-9)17-8-11-5-6-18-13(11)14(15)16/h3-7H,8H2,1-2H3,(H,15,16). The van der Waals surface area contributed by atoms with Crippen LogP contribution in [0.15, 0.2) is 29.6 Å². The van der Waals surface area contributed by atoms with E-state index in [0.717, 1.165) is 16.9 Å². The summed E-state index contributed by atoms with van der Waals surface area (Å²) in [7, 11) is 0. The molecular weight excluding hydrogens is 248 g/mol. The summed E-state index contributed by atoms with van der Waals surface area (Å²) >= 11 is 1.22. The number of rotatable bonds is 4. The van der Waals surface area contributed by atoms with Crippen LogP contribution >= 0.6 is 11.3 Å². The van der Waals surface area contributed by atoms with E-state index in [4.69, 9.17) is 9.84 Å². The largest absolute Gasteiger partial charge is 0.489 e. The number of carbonyl (C=O) groups is 1. The molecule has 0 spiro atoms. The van der Waals surface area contributed by atoms with Crippen molar-refractivity contribution in [1.82, 2.24) is 0 Å². The van der Waals surface area contributed by atoms with Gasteiger partial charge in [0.15, 0.2) is 0 Å². The van der Waals surface area contributed by atoms with Gasteiger partial charge in [-0.1, -0.05) is 12.1 Å². The van der Waals surface area contributed by atoms with Gasteiger partial charge < -0.3 is 9.84 Å². The molecule has 0 atom stereocenters. The van der Waals surface area contributed by atoms with Gasteiger partial charge in [-0.15, -0.1) is 11.3 Å². The predicted molar refractivity (Wildman–Crippen MR) is 71.5 cm³/mol. The average Bonchev–Trinajstić information content (AvgIpc) is 2.79. The lowest BCUT2D eigenvalue weighted by atomic mass is 10.1. The highest BCUT2D eigenvalue weighted by Gasteiger charge is 2.12. The van der Waals surface area contributed by atoms with Crippen LogP contribution in [0.3, 0.4) is 0 Å². The van der Waals surface area contributed by atoms with Crippen LogP contribution in [0.1, 0.15) is 26.4 Å². The highest BCUT2D eigenvalue weighted by molar-refractivity contribution is 7.12. The lowest BCUT2D eigenvalue weighted by Crippen LogP contribution is -2.02. The quantitative estimate of drug-likeness (QED) is 0.915. The van der Waals surface area contributed by atoms with Gasteiger partial charge in [0.2, 0.25) is 0 Å². The van der Waals surface area contributed by atoms with Crippen LogP contribution in [0.25, 0.3) is 0 Å². The fraction of sp³-hybridized carbons (Fsp3) is 0.214. The Bertz CT molecular complexity index is 572. The number of aryl methyl sites for hydroxylation is 2. The first-order valence-electron chi connectivity index (χ1n) is 5.57. The fourth-order valence-corrected chi connectivity index (χ4v) is 2.40. The Labute approximate surface area is 110 Å². The second-order valence-corrected chi connectivity index (χ2v) is 5.05. The first-order valence-corrected chi connectivity index (χ1v) is 6.45. The number of hydrogen-bond acceptors (Lipinski definition) is 3. The van der Waals surface area contributed by atoms with Crippen molar-refractivity contribution >= 4 is 17.3 Å². The Balaban J connectivity index is 2.14. The zero-order valence-electron chi connectivity index (χ0n) is 10.3. The van der Waals surface area contributed by atoms with E-state index in [9.17, 15) is 4.79 Å². The third-order valence-corrected chi connectivity index (χ3v) is 3.61. The van der Waals surface area contributed by atoms with Crippen LogP contribution in [0, 0.1) is 13.8 Å². The molecule has 1 aromatic heterocycles. The Morgan fingerprint density at radius 2 is 2.11 bits per heavy atom. The van der Waals surface area contributed by atoms with Gasteiger partial charge in [0.25, 0.3) is 0 Å². The average molecular weight is 262 g/mol. The molecule has 2 aromatic rings. The molecular formula is C14H14O3S. The smallest absolute Gasteiger partial charge is 0.346 e. The zero-order valence-corrected chi connectivity index (χ0v) is 11.1. The van der Waals surface area contributed by atoms with Crippen LogP contribution < -0.4 is 4.74 Å². The van der Waals surface area contributed by atoms with E-state index >= 15 is 0 Å². The molecule has 0 aliphatic carbocycles. The lowest BCUT2D eigenvalue weighted by molar-refractivity contribution is 0.0699. The minimum atomic E-state index is -0.899. The summed E-state index contributed by atoms with van der Waals surface area (Å²) < 4.78 is 5.70. The molecule has 0 bridgehead atoms. The number of benzene rings is 1. The SMILES string of the molecule is Cc1ccc(C)c(OCc2ccsc2C(=O)O)c1. The first kappa shape index (κ1) is 12.6. The minimum absolute atomic E-state index is 0.287. The summed E-state index contributed by atoms with van der Waals surface area (Å²) in [6, 6.07) is 7.77. The molecule has 1 N–H and O–H groups in total. The van der Waals surface area contributed by atoms with E-state index in [-0.39, 0.29) is 6.61 Å². The maximum atomic E-state index is 11.0. The van der Waals surface area contributed by atoms with Crippen molar-refractivity contribution < 1.29 is 14.6 Å². The number of carboxylic acid groups (broad SMARTS) is 1. The highest BCUT2D eigenvalue weighted by atomic mass is 32.1. The van der Waals surface area contributed by atoms with E-state index in [0.29, 0.717) is 10.4 Å². The van der Waals surface area contributed by atoms with Crippen molar-refractivity contribution in [1.29, 1.82) is 0 Å². The second-order valence-electron chi connectivity index (χ2n) is 4.14. The molecule has 0 unspecified atom stereocenters. The molecule has 94 valence electrons. The van der Waals surface area contributed by atoms with Crippen LogP contribution in [0.4, 0.5) is 0 Å². The molecule has 3 nitrogen and oxygen atoms in total. The van der Waals surface area contributed by atoms with Gasteiger partial charge in [-0.2, -0.15) is 0 Å². The van der Waals surface area contributed by atoms with E-state index < -0.39 is 5.97 Å². The van der Waals surface area contributed by atoms with Gasteiger partial charge in [0.1, 0.15) is 17.2 Å². The molecule has 0 amide bonds. The van der Waals surface area contributed by atoms with Crippen molar-refractivity contribution in [3.63, 3.8) is 0 Å². The van der Waals surface area contributed by atoms with E-state index in [1.54, 1.807) is 11.4 Å². The highest BCUT2D eigenvalue weighted by Crippen LogP contribution is 2.23. The lowest BCUT2D eigenvalue weighted by Gasteiger charge is -2.09. The third kappa shape index (κ3) is 2.71. The molecule has 4 heteroatoms. The van der Waals surface area contributed by atoms with Crippen molar-refractivity contribution in [3.8, 4) is 5.75 Å². The Hall–Kier alpha value is -1.81. The van der Waals surface area contributed by atoms with Crippen LogP contribution in [0.2, 0.25) is 0 Å². The van der Waals surface area contributed by atoms with Crippen LogP contribution in [0.5, 0.6) is 5.75 Å². The van der Waals surface area contributed by atoms with Crippen molar-refractivity contribution in [2.45, 2.75) is 20.5 Å². The Morgan fingerprint density at radius 3 is 2.83 bits per heavy atom. The Kier molecular flexibility index (Phi) is 3.67. The number of thiophene rings is 1. The molecule has 18 heavy (non-hydrogen) atoms. The molecule has 0 aliphatic rings. The van der Waals surface area contributed by atoms with Crippen molar-refractivity contribution in [2.24, 2.45) is 0 Å². The van der Waals surface area contributed by atoms with Gasteiger partial charge in [-0.05, 0) is 42.5 Å². The van der Waals surface area contributed by atoms with Crippen LogP contribution in [-0.4, -0.2) is 11.1 Å². The Morgan fingerprint density at radius 1 is 1.33 bits per heavy atom. The fourth-order valence-electron chi connectivity index (χ4n) is 1.66. The maximum Gasteiger partial charge on any atom is 0.346 e. The summed E-state index contributed by atoms with van der Waals surface area (Å²) in [5.41, 5.74) is 2.89. The van der Waals surface area contributed by atoms with Gasteiger partial charge in [-0.25, -0.2) is 4.79 Å². The van der Waals surface area contributed by atoms with E-state index in [2.05, 4.69) is 0 Å². The van der Waals surface area contributed by atoms with Crippen molar-refractivity contribution in [2.75, 3.05) is 0 Å². The topological polar surface area (TPSA) is 46.5 Å². The predicted octanol–water partition coefficient (Wildman–Crippen LogP) is 3.64. The summed E-state index contributed by atoms with van der Waals surface area (Å²) in [5, 5.41) is 10.8. The first-order chi connectivity index (χ1) is 8.58. The van der Waals surface area contributed by atoms with Gasteiger partial charge >= 0.3 is 5.97 Å². The van der Waals surface area contributed by atoms with Gasteiger partial charge in [0.05, 0.1) is 0 Å². The number of ether oxygens (including phenoxy) is 1. The normalized spacial score (nSPS) is 10.3. The molecule has 1 aromatic carbocycles.